The quantitative estimate of drug-likeness (QED) is 0.727. The predicted octanol–water partition coefficient (Wildman–Crippen LogP) is 2.66. The second-order valence-electron chi connectivity index (χ2n) is 5.21. The number of carbonyl (C=O) groups excluding carboxylic acids is 3. The molecular weight excluding hydrogens is 380 g/mol. The van der Waals surface area contributed by atoms with Gasteiger partial charge in [0.15, 0.2) is 6.61 Å². The fraction of sp³-hybridized carbons (Fsp3) is 0.235. The Bertz CT molecular complexity index is 808. The van der Waals surface area contributed by atoms with Crippen LogP contribution in [-0.4, -0.2) is 50.0 Å². The van der Waals surface area contributed by atoms with Crippen molar-refractivity contribution in [1.82, 2.24) is 4.90 Å². The Labute approximate surface area is 159 Å². The van der Waals surface area contributed by atoms with Gasteiger partial charge >= 0.3 is 5.97 Å². The van der Waals surface area contributed by atoms with Crippen molar-refractivity contribution in [2.24, 2.45) is 0 Å². The lowest BCUT2D eigenvalue weighted by Gasteiger charge is -2.16. The first-order valence-electron chi connectivity index (χ1n) is 7.49. The Morgan fingerprint density at radius 2 is 2.00 bits per heavy atom. The molecule has 2 aromatic rings. The number of likely N-dealkylation sites (N-methyl/N-ethyl adjacent to an activating group) is 1. The second-order valence-corrected chi connectivity index (χ2v) is 6.92. The van der Waals surface area contributed by atoms with Crippen molar-refractivity contribution in [1.29, 1.82) is 0 Å². The van der Waals surface area contributed by atoms with Gasteiger partial charge in [-0.2, -0.15) is 0 Å². The van der Waals surface area contributed by atoms with Crippen LogP contribution >= 0.6 is 22.9 Å². The molecule has 0 aliphatic carbocycles. The summed E-state index contributed by atoms with van der Waals surface area (Å²) in [6.45, 7) is -0.643. The van der Waals surface area contributed by atoms with Crippen LogP contribution in [0, 0.1) is 0 Å². The van der Waals surface area contributed by atoms with Crippen LogP contribution in [0.25, 0.3) is 0 Å². The predicted molar refractivity (Wildman–Crippen MR) is 98.9 cm³/mol. The number of ether oxygens (including phenoxy) is 2. The van der Waals surface area contributed by atoms with E-state index < -0.39 is 18.5 Å². The van der Waals surface area contributed by atoms with Crippen LogP contribution in [0.3, 0.4) is 0 Å². The van der Waals surface area contributed by atoms with E-state index in [9.17, 15) is 14.4 Å². The van der Waals surface area contributed by atoms with E-state index in [-0.39, 0.29) is 12.5 Å². The van der Waals surface area contributed by atoms with Gasteiger partial charge in [-0.25, -0.2) is 4.79 Å². The molecule has 26 heavy (non-hydrogen) atoms. The number of nitrogens with zero attached hydrogens (tertiary/aromatic N) is 1. The van der Waals surface area contributed by atoms with Crippen molar-refractivity contribution in [3.05, 3.63) is 45.6 Å². The zero-order chi connectivity index (χ0) is 19.1. The van der Waals surface area contributed by atoms with Crippen LogP contribution in [0.15, 0.2) is 36.4 Å². The molecule has 138 valence electrons. The Morgan fingerprint density at radius 1 is 1.23 bits per heavy atom. The highest BCUT2D eigenvalue weighted by molar-refractivity contribution is 7.17. The van der Waals surface area contributed by atoms with E-state index >= 15 is 0 Å². The minimum Gasteiger partial charge on any atom is -0.497 e. The van der Waals surface area contributed by atoms with E-state index in [0.29, 0.717) is 20.7 Å². The zero-order valence-electron chi connectivity index (χ0n) is 14.2. The molecule has 1 aromatic heterocycles. The molecule has 0 radical (unpaired) electrons. The van der Waals surface area contributed by atoms with Gasteiger partial charge in [0.1, 0.15) is 10.6 Å². The standard InChI is InChI=1S/C17H17ClN2O5S/c1-20(9-15(21)19-11-4-3-5-12(8-11)24-2)16(22)10-25-17(23)13-6-7-14(18)26-13/h3-8H,9-10H2,1-2H3,(H,19,21). The molecule has 0 saturated carbocycles. The lowest BCUT2D eigenvalue weighted by Crippen LogP contribution is -2.37. The summed E-state index contributed by atoms with van der Waals surface area (Å²) >= 11 is 6.81. The number of nitrogens with one attached hydrogen (secondary N) is 1. The molecule has 0 atom stereocenters. The summed E-state index contributed by atoms with van der Waals surface area (Å²) < 4.78 is 10.5. The lowest BCUT2D eigenvalue weighted by molar-refractivity contribution is -0.136. The van der Waals surface area contributed by atoms with Gasteiger partial charge in [0.05, 0.1) is 18.0 Å². The molecule has 0 saturated heterocycles. The Balaban J connectivity index is 1.80. The summed E-state index contributed by atoms with van der Waals surface area (Å²) in [6.07, 6.45) is 0. The van der Waals surface area contributed by atoms with Crippen LogP contribution in [-0.2, 0) is 14.3 Å². The van der Waals surface area contributed by atoms with Gasteiger partial charge in [0.25, 0.3) is 5.91 Å². The van der Waals surface area contributed by atoms with Crippen molar-refractivity contribution < 1.29 is 23.9 Å². The molecule has 0 fully saturated rings. The largest absolute Gasteiger partial charge is 0.497 e. The molecule has 1 heterocycles. The smallest absolute Gasteiger partial charge is 0.348 e. The molecular formula is C17H17ClN2O5S. The van der Waals surface area contributed by atoms with E-state index in [1.54, 1.807) is 30.3 Å². The number of amides is 2. The highest BCUT2D eigenvalue weighted by Crippen LogP contribution is 2.22. The summed E-state index contributed by atoms with van der Waals surface area (Å²) in [5, 5.41) is 2.66. The SMILES string of the molecule is COc1cccc(NC(=O)CN(C)C(=O)COC(=O)c2ccc(Cl)s2)c1. The lowest BCUT2D eigenvalue weighted by atomic mass is 10.3. The van der Waals surface area contributed by atoms with Crippen molar-refractivity contribution >= 4 is 46.4 Å². The number of methoxy groups -OCH3 is 1. The van der Waals surface area contributed by atoms with E-state index in [1.165, 1.54) is 25.1 Å². The van der Waals surface area contributed by atoms with Crippen molar-refractivity contribution in [2.75, 3.05) is 32.6 Å². The number of carbonyl (C=O) groups is 3. The summed E-state index contributed by atoms with van der Waals surface area (Å²) in [7, 11) is 2.97. The number of hydrogen-bond acceptors (Lipinski definition) is 6. The summed E-state index contributed by atoms with van der Waals surface area (Å²) in [5.41, 5.74) is 0.552. The first-order valence-corrected chi connectivity index (χ1v) is 8.69. The van der Waals surface area contributed by atoms with Gasteiger partial charge in [0.2, 0.25) is 5.91 Å². The summed E-state index contributed by atoms with van der Waals surface area (Å²) in [4.78, 5) is 37.3. The summed E-state index contributed by atoms with van der Waals surface area (Å²) in [5.74, 6) is -0.912. The van der Waals surface area contributed by atoms with Crippen molar-refractivity contribution in [3.8, 4) is 5.75 Å². The maximum Gasteiger partial charge on any atom is 0.348 e. The fourth-order valence-corrected chi connectivity index (χ4v) is 2.87. The Kier molecular flexibility index (Phi) is 6.99. The molecule has 0 spiro atoms. The Morgan fingerprint density at radius 3 is 2.65 bits per heavy atom. The first kappa shape index (κ1) is 19.7. The van der Waals surface area contributed by atoms with Gasteiger partial charge < -0.3 is 19.7 Å². The maximum absolute atomic E-state index is 12.0. The molecule has 2 amide bonds. The second kappa shape index (κ2) is 9.21. The third kappa shape index (κ3) is 5.75. The Hall–Kier alpha value is -2.58. The van der Waals surface area contributed by atoms with Crippen molar-refractivity contribution in [3.63, 3.8) is 0 Å². The van der Waals surface area contributed by atoms with Gasteiger partial charge in [0, 0.05) is 18.8 Å². The monoisotopic (exact) mass is 396 g/mol. The number of esters is 1. The number of anilines is 1. The van der Waals surface area contributed by atoms with E-state index in [2.05, 4.69) is 5.32 Å². The number of thiophene rings is 1. The topological polar surface area (TPSA) is 84.9 Å². The molecule has 9 heteroatoms. The highest BCUT2D eigenvalue weighted by atomic mass is 35.5. The highest BCUT2D eigenvalue weighted by Gasteiger charge is 2.17. The molecule has 1 aromatic carbocycles. The molecule has 0 unspecified atom stereocenters. The molecule has 0 bridgehead atoms. The van der Waals surface area contributed by atoms with Gasteiger partial charge in [-0.15, -0.1) is 11.3 Å². The third-order valence-electron chi connectivity index (χ3n) is 3.26. The van der Waals surface area contributed by atoms with Gasteiger partial charge in [-0.05, 0) is 24.3 Å². The molecule has 0 aliphatic heterocycles. The summed E-state index contributed by atoms with van der Waals surface area (Å²) in [6, 6.07) is 9.94. The normalized spacial score (nSPS) is 10.1. The molecule has 7 nitrogen and oxygen atoms in total. The van der Waals surface area contributed by atoms with Crippen LogP contribution < -0.4 is 10.1 Å². The first-order chi connectivity index (χ1) is 12.4. The van der Waals surface area contributed by atoms with Gasteiger partial charge in [-0.1, -0.05) is 17.7 Å². The van der Waals surface area contributed by atoms with E-state index in [0.717, 1.165) is 11.3 Å². The molecule has 0 aliphatic rings. The van der Waals surface area contributed by atoms with Gasteiger partial charge in [-0.3, -0.25) is 9.59 Å². The molecule has 1 N–H and O–H groups in total. The third-order valence-corrected chi connectivity index (χ3v) is 4.47. The minimum atomic E-state index is -0.635. The zero-order valence-corrected chi connectivity index (χ0v) is 15.7. The molecule has 2 rings (SSSR count). The maximum atomic E-state index is 12.0. The van der Waals surface area contributed by atoms with Crippen LogP contribution in [0.1, 0.15) is 9.67 Å². The van der Waals surface area contributed by atoms with Crippen LogP contribution in [0.4, 0.5) is 5.69 Å². The van der Waals surface area contributed by atoms with Crippen LogP contribution in [0.5, 0.6) is 5.75 Å². The average molecular weight is 397 g/mol. The van der Waals surface area contributed by atoms with Crippen molar-refractivity contribution in [2.45, 2.75) is 0 Å². The number of halogens is 1. The minimum absolute atomic E-state index is 0.182. The van der Waals surface area contributed by atoms with E-state index in [4.69, 9.17) is 21.1 Å². The van der Waals surface area contributed by atoms with E-state index in [1.807, 2.05) is 0 Å². The number of benzene rings is 1. The number of hydrogen-bond donors (Lipinski definition) is 1. The average Bonchev–Trinajstić information content (AvgIpc) is 3.05. The fourth-order valence-electron chi connectivity index (χ4n) is 1.94. The number of rotatable bonds is 7. The van der Waals surface area contributed by atoms with Crippen LogP contribution in [0.2, 0.25) is 4.34 Å².